The van der Waals surface area contributed by atoms with Crippen molar-refractivity contribution in [2.75, 3.05) is 4.90 Å². The smallest absolute Gasteiger partial charge is 0.0468 e. The maximum Gasteiger partial charge on any atom is 0.0468 e. The van der Waals surface area contributed by atoms with Crippen molar-refractivity contribution in [3.05, 3.63) is 185 Å². The van der Waals surface area contributed by atoms with Crippen molar-refractivity contribution in [2.24, 2.45) is 0 Å². The highest BCUT2D eigenvalue weighted by molar-refractivity contribution is 6.09. The van der Waals surface area contributed by atoms with Gasteiger partial charge in [-0.3, -0.25) is 0 Å². The first kappa shape index (κ1) is 28.1. The van der Waals surface area contributed by atoms with Crippen LogP contribution >= 0.6 is 0 Å². The lowest BCUT2D eigenvalue weighted by Crippen LogP contribution is -2.09. The number of rotatable bonds is 7. The molecule has 0 radical (unpaired) electrons. The summed E-state index contributed by atoms with van der Waals surface area (Å²) in [6.45, 7) is 4.32. The summed E-state index contributed by atoms with van der Waals surface area (Å²) in [4.78, 5) is 2.35. The molecule has 0 N–H and O–H groups in total. The number of hydrogen-bond donors (Lipinski definition) is 0. The Labute approximate surface area is 266 Å². The monoisotopic (exact) mass is 577 g/mol. The van der Waals surface area contributed by atoms with Crippen LogP contribution in [0.15, 0.2) is 152 Å². The zero-order valence-electron chi connectivity index (χ0n) is 25.7. The molecule has 1 nitrogen and oxygen atoms in total. The normalized spacial score (nSPS) is 11.6. The van der Waals surface area contributed by atoms with Gasteiger partial charge >= 0.3 is 0 Å². The first-order valence-corrected chi connectivity index (χ1v) is 15.5. The fourth-order valence-corrected chi connectivity index (χ4v) is 5.86. The highest BCUT2D eigenvalue weighted by Crippen LogP contribution is 2.38. The average molecular weight is 578 g/mol. The van der Waals surface area contributed by atoms with E-state index in [4.69, 9.17) is 0 Å². The number of anilines is 3. The van der Waals surface area contributed by atoms with Gasteiger partial charge < -0.3 is 4.90 Å². The van der Waals surface area contributed by atoms with Crippen LogP contribution in [0, 0.1) is 13.8 Å². The first-order chi connectivity index (χ1) is 22.1. The Hall–Kier alpha value is -5.66. The molecule has 7 aromatic rings. The van der Waals surface area contributed by atoms with Crippen molar-refractivity contribution in [3.8, 4) is 0 Å². The lowest BCUT2D eigenvalue weighted by Gasteiger charge is -2.26. The van der Waals surface area contributed by atoms with Gasteiger partial charge in [-0.15, -0.1) is 0 Å². The average Bonchev–Trinajstić information content (AvgIpc) is 3.09. The second-order valence-corrected chi connectivity index (χ2v) is 11.6. The van der Waals surface area contributed by atoms with Gasteiger partial charge in [-0.1, -0.05) is 140 Å². The van der Waals surface area contributed by atoms with E-state index in [0.29, 0.717) is 0 Å². The zero-order valence-corrected chi connectivity index (χ0v) is 25.7. The highest BCUT2D eigenvalue weighted by Gasteiger charge is 2.14. The molecule has 0 aromatic heterocycles. The number of fused-ring (bicyclic) bond motifs is 3. The van der Waals surface area contributed by atoms with E-state index in [9.17, 15) is 0 Å². The molecular weight excluding hydrogens is 542 g/mol. The predicted octanol–water partition coefficient (Wildman–Crippen LogP) is 12.4. The Bertz CT molecular complexity index is 2150. The summed E-state index contributed by atoms with van der Waals surface area (Å²) in [6.07, 6.45) is 8.71. The van der Waals surface area contributed by atoms with Crippen LogP contribution in [0.1, 0.15) is 33.4 Å². The first-order valence-electron chi connectivity index (χ1n) is 15.5. The highest BCUT2D eigenvalue weighted by atomic mass is 15.1. The zero-order chi connectivity index (χ0) is 30.6. The molecule has 216 valence electrons. The van der Waals surface area contributed by atoms with Crippen LogP contribution in [0.4, 0.5) is 17.1 Å². The van der Waals surface area contributed by atoms with Gasteiger partial charge in [0, 0.05) is 17.1 Å². The summed E-state index contributed by atoms with van der Waals surface area (Å²) in [6, 6.07) is 54.5. The second-order valence-electron chi connectivity index (χ2n) is 11.6. The van der Waals surface area contributed by atoms with Gasteiger partial charge in [0.15, 0.2) is 0 Å². The van der Waals surface area contributed by atoms with Gasteiger partial charge in [0.1, 0.15) is 0 Å². The van der Waals surface area contributed by atoms with Gasteiger partial charge in [0.05, 0.1) is 0 Å². The van der Waals surface area contributed by atoms with E-state index < -0.39 is 0 Å². The summed E-state index contributed by atoms with van der Waals surface area (Å²) in [5, 5.41) is 5.02. The minimum atomic E-state index is 1.12. The molecule has 45 heavy (non-hydrogen) atoms. The van der Waals surface area contributed by atoms with E-state index in [1.807, 2.05) is 6.07 Å². The Kier molecular flexibility index (Phi) is 7.83. The maximum atomic E-state index is 2.35. The minimum absolute atomic E-state index is 1.12. The van der Waals surface area contributed by atoms with Gasteiger partial charge in [0.2, 0.25) is 0 Å². The second kappa shape index (κ2) is 12.5. The predicted molar refractivity (Wildman–Crippen MR) is 196 cm³/mol. The van der Waals surface area contributed by atoms with Crippen LogP contribution in [0.3, 0.4) is 0 Å². The van der Waals surface area contributed by atoms with E-state index in [-0.39, 0.29) is 0 Å². The molecule has 0 aliphatic rings. The van der Waals surface area contributed by atoms with E-state index in [2.05, 4.69) is 189 Å². The van der Waals surface area contributed by atoms with E-state index in [1.54, 1.807) is 0 Å². The Morgan fingerprint density at radius 2 is 0.844 bits per heavy atom. The molecule has 0 saturated carbocycles. The summed E-state index contributed by atoms with van der Waals surface area (Å²) < 4.78 is 0. The van der Waals surface area contributed by atoms with Gasteiger partial charge in [-0.05, 0) is 105 Å². The molecule has 0 spiro atoms. The SMILES string of the molecule is Cc1ccc(/C=C/c2ccc(N(c3ccc(/C=C/c4ccccc4)cc3)c3ccc4ccc5ccccc5c4c3)cc2)cc1C. The van der Waals surface area contributed by atoms with Crippen LogP contribution in [0.5, 0.6) is 0 Å². The molecule has 0 aliphatic heterocycles. The van der Waals surface area contributed by atoms with Crippen LogP contribution in [-0.4, -0.2) is 0 Å². The fraction of sp³-hybridized carbons (Fsp3) is 0.0455. The summed E-state index contributed by atoms with van der Waals surface area (Å²) in [5.41, 5.74) is 10.7. The number of aryl methyl sites for hydroxylation is 2. The Morgan fingerprint density at radius 1 is 0.356 bits per heavy atom. The lowest BCUT2D eigenvalue weighted by atomic mass is 10.0. The molecule has 7 aromatic carbocycles. The van der Waals surface area contributed by atoms with E-state index >= 15 is 0 Å². The van der Waals surface area contributed by atoms with E-state index in [0.717, 1.165) is 17.1 Å². The molecule has 0 amide bonds. The molecule has 0 atom stereocenters. The minimum Gasteiger partial charge on any atom is -0.310 e. The number of nitrogens with zero attached hydrogens (tertiary/aromatic N) is 1. The van der Waals surface area contributed by atoms with E-state index in [1.165, 1.54) is 54.9 Å². The van der Waals surface area contributed by atoms with Crippen molar-refractivity contribution in [1.29, 1.82) is 0 Å². The maximum absolute atomic E-state index is 2.35. The van der Waals surface area contributed by atoms with Gasteiger partial charge in [0.25, 0.3) is 0 Å². The molecule has 0 unspecified atom stereocenters. The van der Waals surface area contributed by atoms with Crippen LogP contribution in [-0.2, 0) is 0 Å². The van der Waals surface area contributed by atoms with Crippen molar-refractivity contribution >= 4 is 62.9 Å². The quantitative estimate of drug-likeness (QED) is 0.135. The van der Waals surface area contributed by atoms with Crippen molar-refractivity contribution in [2.45, 2.75) is 13.8 Å². The third-order valence-electron chi connectivity index (χ3n) is 8.56. The van der Waals surface area contributed by atoms with Crippen molar-refractivity contribution in [1.82, 2.24) is 0 Å². The van der Waals surface area contributed by atoms with Gasteiger partial charge in [-0.25, -0.2) is 0 Å². The number of hydrogen-bond acceptors (Lipinski definition) is 1. The molecule has 0 heterocycles. The third-order valence-corrected chi connectivity index (χ3v) is 8.56. The third kappa shape index (κ3) is 6.20. The number of benzene rings is 7. The molecule has 1 heteroatoms. The molecule has 7 rings (SSSR count). The molecular formula is C44H35N. The summed E-state index contributed by atoms with van der Waals surface area (Å²) in [5.74, 6) is 0. The fourth-order valence-electron chi connectivity index (χ4n) is 5.86. The Morgan fingerprint density at radius 3 is 1.49 bits per heavy atom. The standard InChI is InChI=1S/C44H35N/c1-32-12-13-37(30-33(32)2)17-16-36-20-27-41(28-21-36)45(40-25-18-35(19-26-40)15-14-34-8-4-3-5-9-34)42-29-24-39-23-22-38-10-6-7-11-43(38)44(39)31-42/h3-31H,1-2H3/b15-14+,17-16+. The molecule has 0 aliphatic carbocycles. The van der Waals surface area contributed by atoms with Crippen molar-refractivity contribution < 1.29 is 0 Å². The molecule has 0 bridgehead atoms. The van der Waals surface area contributed by atoms with Crippen LogP contribution in [0.2, 0.25) is 0 Å². The molecule has 0 saturated heterocycles. The van der Waals surface area contributed by atoms with Crippen LogP contribution in [0.25, 0.3) is 45.8 Å². The Balaban J connectivity index is 1.26. The van der Waals surface area contributed by atoms with Crippen LogP contribution < -0.4 is 4.90 Å². The summed E-state index contributed by atoms with van der Waals surface area (Å²) >= 11 is 0. The molecule has 0 fully saturated rings. The lowest BCUT2D eigenvalue weighted by molar-refractivity contribution is 1.29. The summed E-state index contributed by atoms with van der Waals surface area (Å²) in [7, 11) is 0. The van der Waals surface area contributed by atoms with Crippen molar-refractivity contribution in [3.63, 3.8) is 0 Å². The van der Waals surface area contributed by atoms with Gasteiger partial charge in [-0.2, -0.15) is 0 Å². The topological polar surface area (TPSA) is 3.24 Å². The largest absolute Gasteiger partial charge is 0.310 e.